The van der Waals surface area contributed by atoms with Crippen molar-refractivity contribution >= 4 is 5.78 Å². The smallest absolute Gasteiger partial charge is 0.153 e. The van der Waals surface area contributed by atoms with Crippen molar-refractivity contribution in [2.24, 2.45) is 5.41 Å². The molecule has 0 saturated carbocycles. The number of nitriles is 1. The molecule has 0 aliphatic carbocycles. The van der Waals surface area contributed by atoms with Crippen molar-refractivity contribution in [3.63, 3.8) is 0 Å². The van der Waals surface area contributed by atoms with Gasteiger partial charge in [0.25, 0.3) is 0 Å². The van der Waals surface area contributed by atoms with Crippen LogP contribution in [0.15, 0.2) is 24.3 Å². The van der Waals surface area contributed by atoms with E-state index in [1.54, 1.807) is 12.1 Å². The van der Waals surface area contributed by atoms with E-state index in [-0.39, 0.29) is 11.6 Å². The normalized spacial score (nSPS) is 11.0. The standard InChI is InChI=1S/C15H18FNO/c1-3-15(4-2,11-17)14(18)10-7-12-5-8-13(16)9-6-12/h5-6,8-9H,3-4,7,10H2,1-2H3. The molecule has 0 aromatic heterocycles. The minimum atomic E-state index is -0.847. The molecule has 0 heterocycles. The summed E-state index contributed by atoms with van der Waals surface area (Å²) in [5, 5.41) is 9.16. The quantitative estimate of drug-likeness (QED) is 0.769. The fraction of sp³-hybridized carbons (Fsp3) is 0.467. The molecule has 3 heteroatoms. The van der Waals surface area contributed by atoms with E-state index in [4.69, 9.17) is 5.26 Å². The predicted octanol–water partition coefficient (Wildman–Crippen LogP) is 3.66. The monoisotopic (exact) mass is 247 g/mol. The Bertz CT molecular complexity index is 441. The molecule has 0 radical (unpaired) electrons. The van der Waals surface area contributed by atoms with Crippen LogP contribution in [0.5, 0.6) is 0 Å². The number of hydrogen-bond donors (Lipinski definition) is 0. The lowest BCUT2D eigenvalue weighted by Gasteiger charge is -2.21. The van der Waals surface area contributed by atoms with Gasteiger partial charge in [-0.2, -0.15) is 5.26 Å². The van der Waals surface area contributed by atoms with Crippen LogP contribution in [0.1, 0.15) is 38.7 Å². The highest BCUT2D eigenvalue weighted by molar-refractivity contribution is 5.87. The second kappa shape index (κ2) is 6.30. The summed E-state index contributed by atoms with van der Waals surface area (Å²) in [7, 11) is 0. The van der Waals surface area contributed by atoms with Gasteiger partial charge in [0.1, 0.15) is 11.2 Å². The summed E-state index contributed by atoms with van der Waals surface area (Å²) in [5.74, 6) is -0.294. The minimum Gasteiger partial charge on any atom is -0.298 e. The van der Waals surface area contributed by atoms with Gasteiger partial charge in [-0.05, 0) is 37.0 Å². The minimum absolute atomic E-state index is 0.0145. The Balaban J connectivity index is 2.66. The number of benzene rings is 1. The lowest BCUT2D eigenvalue weighted by atomic mass is 9.78. The summed E-state index contributed by atoms with van der Waals surface area (Å²) in [6.07, 6.45) is 1.98. The van der Waals surface area contributed by atoms with Crippen LogP contribution in [0, 0.1) is 22.6 Å². The second-order valence-corrected chi connectivity index (χ2v) is 4.45. The molecule has 18 heavy (non-hydrogen) atoms. The number of hydrogen-bond acceptors (Lipinski definition) is 2. The predicted molar refractivity (Wildman–Crippen MR) is 68.4 cm³/mol. The highest BCUT2D eigenvalue weighted by Crippen LogP contribution is 2.28. The van der Waals surface area contributed by atoms with Crippen LogP contribution >= 0.6 is 0 Å². The topological polar surface area (TPSA) is 40.9 Å². The average molecular weight is 247 g/mol. The lowest BCUT2D eigenvalue weighted by Crippen LogP contribution is -2.28. The third-order valence-electron chi connectivity index (χ3n) is 3.51. The van der Waals surface area contributed by atoms with Gasteiger partial charge in [0, 0.05) is 6.42 Å². The molecular weight excluding hydrogens is 229 g/mol. The summed E-state index contributed by atoms with van der Waals surface area (Å²) in [4.78, 5) is 12.1. The molecule has 0 N–H and O–H groups in total. The molecule has 0 unspecified atom stereocenters. The Morgan fingerprint density at radius 1 is 1.28 bits per heavy atom. The molecule has 0 amide bonds. The first-order valence-corrected chi connectivity index (χ1v) is 6.27. The Kier molecular flexibility index (Phi) is 5.03. The number of carbonyl (C=O) groups is 1. The van der Waals surface area contributed by atoms with Crippen LogP contribution in [0.3, 0.4) is 0 Å². The summed E-state index contributed by atoms with van der Waals surface area (Å²) >= 11 is 0. The van der Waals surface area contributed by atoms with E-state index < -0.39 is 5.41 Å². The van der Waals surface area contributed by atoms with Crippen molar-refractivity contribution < 1.29 is 9.18 Å². The maximum absolute atomic E-state index is 12.7. The molecule has 0 bridgehead atoms. The first kappa shape index (κ1) is 14.4. The van der Waals surface area contributed by atoms with E-state index in [1.165, 1.54) is 12.1 Å². The van der Waals surface area contributed by atoms with Gasteiger partial charge in [0.15, 0.2) is 5.78 Å². The molecule has 0 fully saturated rings. The number of Topliss-reactive ketones (excluding diaryl/α,β-unsaturated/α-hetero) is 1. The van der Waals surface area contributed by atoms with Gasteiger partial charge < -0.3 is 0 Å². The van der Waals surface area contributed by atoms with Crippen molar-refractivity contribution in [2.45, 2.75) is 39.5 Å². The molecule has 0 atom stereocenters. The first-order valence-electron chi connectivity index (χ1n) is 6.27. The maximum atomic E-state index is 12.7. The van der Waals surface area contributed by atoms with E-state index in [0.717, 1.165) is 5.56 Å². The number of carbonyl (C=O) groups excluding carboxylic acids is 1. The number of ketones is 1. The summed E-state index contributed by atoms with van der Waals surface area (Å²) in [6.45, 7) is 3.73. The zero-order valence-corrected chi connectivity index (χ0v) is 10.9. The van der Waals surface area contributed by atoms with Crippen molar-refractivity contribution in [3.05, 3.63) is 35.6 Å². The fourth-order valence-corrected chi connectivity index (χ4v) is 2.01. The third kappa shape index (κ3) is 3.16. The van der Waals surface area contributed by atoms with Crippen LogP contribution in [0.25, 0.3) is 0 Å². The van der Waals surface area contributed by atoms with Gasteiger partial charge in [-0.25, -0.2) is 4.39 Å². The van der Waals surface area contributed by atoms with E-state index in [9.17, 15) is 9.18 Å². The molecule has 2 nitrogen and oxygen atoms in total. The van der Waals surface area contributed by atoms with Crippen LogP contribution in [0.4, 0.5) is 4.39 Å². The first-order chi connectivity index (χ1) is 8.57. The van der Waals surface area contributed by atoms with Gasteiger partial charge in [-0.3, -0.25) is 4.79 Å². The Morgan fingerprint density at radius 3 is 2.28 bits per heavy atom. The Morgan fingerprint density at radius 2 is 1.83 bits per heavy atom. The van der Waals surface area contributed by atoms with Gasteiger partial charge in [0.05, 0.1) is 6.07 Å². The van der Waals surface area contributed by atoms with Crippen LogP contribution in [0.2, 0.25) is 0 Å². The second-order valence-electron chi connectivity index (χ2n) is 4.45. The number of aryl methyl sites for hydroxylation is 1. The van der Waals surface area contributed by atoms with Crippen LogP contribution in [-0.2, 0) is 11.2 Å². The van der Waals surface area contributed by atoms with Crippen molar-refractivity contribution in [3.8, 4) is 6.07 Å². The van der Waals surface area contributed by atoms with E-state index in [0.29, 0.717) is 25.7 Å². The molecule has 0 aliphatic rings. The third-order valence-corrected chi connectivity index (χ3v) is 3.51. The molecule has 0 saturated heterocycles. The largest absolute Gasteiger partial charge is 0.298 e. The molecule has 1 rings (SSSR count). The van der Waals surface area contributed by atoms with E-state index in [1.807, 2.05) is 13.8 Å². The molecule has 1 aromatic rings. The molecular formula is C15H18FNO. The van der Waals surface area contributed by atoms with Crippen molar-refractivity contribution in [2.75, 3.05) is 0 Å². The maximum Gasteiger partial charge on any atom is 0.153 e. The number of rotatable bonds is 6. The highest BCUT2D eigenvalue weighted by atomic mass is 19.1. The molecule has 96 valence electrons. The highest BCUT2D eigenvalue weighted by Gasteiger charge is 2.33. The molecule has 0 aliphatic heterocycles. The summed E-state index contributed by atoms with van der Waals surface area (Å²) < 4.78 is 12.7. The summed E-state index contributed by atoms with van der Waals surface area (Å²) in [6, 6.07) is 8.27. The Labute approximate surface area is 107 Å². The van der Waals surface area contributed by atoms with Crippen molar-refractivity contribution in [1.82, 2.24) is 0 Å². The van der Waals surface area contributed by atoms with Gasteiger partial charge in [0.2, 0.25) is 0 Å². The Hall–Kier alpha value is -1.69. The molecule has 1 aromatic carbocycles. The summed E-state index contributed by atoms with van der Waals surface area (Å²) in [5.41, 5.74) is 0.0730. The van der Waals surface area contributed by atoms with Crippen LogP contribution in [-0.4, -0.2) is 5.78 Å². The van der Waals surface area contributed by atoms with Crippen molar-refractivity contribution in [1.29, 1.82) is 5.26 Å². The lowest BCUT2D eigenvalue weighted by molar-refractivity contribution is -0.126. The fourth-order valence-electron chi connectivity index (χ4n) is 2.01. The zero-order valence-electron chi connectivity index (χ0n) is 10.9. The van der Waals surface area contributed by atoms with Gasteiger partial charge >= 0.3 is 0 Å². The molecule has 0 spiro atoms. The van der Waals surface area contributed by atoms with Gasteiger partial charge in [-0.1, -0.05) is 26.0 Å². The number of halogens is 1. The van der Waals surface area contributed by atoms with Crippen LogP contribution < -0.4 is 0 Å². The van der Waals surface area contributed by atoms with E-state index >= 15 is 0 Å². The zero-order chi connectivity index (χ0) is 13.6. The number of nitrogens with zero attached hydrogens (tertiary/aromatic N) is 1. The van der Waals surface area contributed by atoms with E-state index in [2.05, 4.69) is 6.07 Å². The van der Waals surface area contributed by atoms with Gasteiger partial charge in [-0.15, -0.1) is 0 Å². The average Bonchev–Trinajstić information content (AvgIpc) is 2.41. The SMILES string of the molecule is CCC(C#N)(CC)C(=O)CCc1ccc(F)cc1.